The molecule has 0 saturated carbocycles. The number of carboxylic acids is 1. The van der Waals surface area contributed by atoms with E-state index in [0.717, 1.165) is 0 Å². The molecule has 1 aliphatic heterocycles. The third-order valence-corrected chi connectivity index (χ3v) is 2.82. The van der Waals surface area contributed by atoms with Gasteiger partial charge in [-0.1, -0.05) is 12.1 Å². The van der Waals surface area contributed by atoms with Crippen LogP contribution < -0.4 is 9.47 Å². The molecule has 1 N–H and O–H groups in total. The van der Waals surface area contributed by atoms with Crippen LogP contribution in [0.1, 0.15) is 22.2 Å². The molecule has 1 heterocycles. The predicted octanol–water partition coefficient (Wildman–Crippen LogP) is 2.99. The van der Waals surface area contributed by atoms with Gasteiger partial charge in [-0.25, -0.2) is 9.18 Å². The second-order valence-electron chi connectivity index (χ2n) is 4.06. The maximum atomic E-state index is 13.6. The number of benzene rings is 2. The molecule has 0 saturated heterocycles. The summed E-state index contributed by atoms with van der Waals surface area (Å²) in [6.45, 7) is 0. The van der Waals surface area contributed by atoms with Crippen LogP contribution in [0.3, 0.4) is 0 Å². The van der Waals surface area contributed by atoms with Crippen LogP contribution in [0.4, 0.5) is 4.39 Å². The van der Waals surface area contributed by atoms with E-state index in [9.17, 15) is 9.18 Å². The zero-order valence-electron chi connectivity index (χ0n) is 9.67. The van der Waals surface area contributed by atoms with Crippen molar-refractivity contribution in [3.63, 3.8) is 0 Å². The van der Waals surface area contributed by atoms with E-state index in [1.54, 1.807) is 18.2 Å². The molecule has 4 nitrogen and oxygen atoms in total. The quantitative estimate of drug-likeness (QED) is 0.901. The van der Waals surface area contributed by atoms with E-state index in [-0.39, 0.29) is 11.1 Å². The highest BCUT2D eigenvalue weighted by molar-refractivity contribution is 5.88. The monoisotopic (exact) mass is 260 g/mol. The molecule has 1 aliphatic rings. The predicted molar refractivity (Wildman–Crippen MR) is 63.8 cm³/mol. The van der Waals surface area contributed by atoms with Crippen LogP contribution in [-0.2, 0) is 0 Å². The lowest BCUT2D eigenvalue weighted by atomic mass is 10.2. The Morgan fingerprint density at radius 1 is 1.11 bits per heavy atom. The molecular weight excluding hydrogens is 251 g/mol. The summed E-state index contributed by atoms with van der Waals surface area (Å²) in [6.07, 6.45) is -0.889. The zero-order chi connectivity index (χ0) is 13.4. The second-order valence-corrected chi connectivity index (χ2v) is 4.06. The number of aromatic carboxylic acids is 1. The molecule has 0 fully saturated rings. The first-order chi connectivity index (χ1) is 9.15. The summed E-state index contributed by atoms with van der Waals surface area (Å²) >= 11 is 0. The molecule has 0 aromatic heterocycles. The Labute approximate surface area is 108 Å². The normalized spacial score (nSPS) is 16.4. The Morgan fingerprint density at radius 2 is 1.84 bits per heavy atom. The molecule has 0 bridgehead atoms. The Kier molecular flexibility index (Phi) is 2.59. The third-order valence-electron chi connectivity index (χ3n) is 2.82. The minimum absolute atomic E-state index is 0.0940. The molecule has 96 valence electrons. The molecule has 1 unspecified atom stereocenters. The first-order valence-corrected chi connectivity index (χ1v) is 5.60. The Morgan fingerprint density at radius 3 is 2.58 bits per heavy atom. The molecule has 0 radical (unpaired) electrons. The van der Waals surface area contributed by atoms with E-state index in [2.05, 4.69) is 0 Å². The molecule has 0 amide bonds. The van der Waals surface area contributed by atoms with Gasteiger partial charge < -0.3 is 14.6 Å². The number of rotatable bonds is 2. The number of hydrogen-bond acceptors (Lipinski definition) is 3. The second kappa shape index (κ2) is 4.28. The van der Waals surface area contributed by atoms with E-state index in [0.29, 0.717) is 11.5 Å². The van der Waals surface area contributed by atoms with E-state index < -0.39 is 18.1 Å². The Balaban J connectivity index is 1.92. The van der Waals surface area contributed by atoms with Crippen LogP contribution >= 0.6 is 0 Å². The van der Waals surface area contributed by atoms with Gasteiger partial charge in [0.15, 0.2) is 11.5 Å². The average molecular weight is 260 g/mol. The van der Waals surface area contributed by atoms with E-state index >= 15 is 0 Å². The zero-order valence-corrected chi connectivity index (χ0v) is 9.67. The number of halogens is 1. The van der Waals surface area contributed by atoms with Gasteiger partial charge in [0.1, 0.15) is 5.82 Å². The van der Waals surface area contributed by atoms with Gasteiger partial charge in [-0.2, -0.15) is 0 Å². The highest BCUT2D eigenvalue weighted by Crippen LogP contribution is 2.41. The van der Waals surface area contributed by atoms with Crippen LogP contribution in [0.25, 0.3) is 0 Å². The lowest BCUT2D eigenvalue weighted by Gasteiger charge is -2.10. The molecule has 1 atom stereocenters. The summed E-state index contributed by atoms with van der Waals surface area (Å²) in [5.41, 5.74) is 0.368. The van der Waals surface area contributed by atoms with Crippen LogP contribution in [0, 0.1) is 5.82 Å². The summed E-state index contributed by atoms with van der Waals surface area (Å²) in [6, 6.07) is 10.4. The summed E-state index contributed by atoms with van der Waals surface area (Å²) < 4.78 is 24.5. The Bertz CT molecular complexity index is 654. The molecule has 19 heavy (non-hydrogen) atoms. The minimum atomic E-state index is -1.05. The van der Waals surface area contributed by atoms with Gasteiger partial charge in [0, 0.05) is 0 Å². The van der Waals surface area contributed by atoms with Gasteiger partial charge >= 0.3 is 5.97 Å². The van der Waals surface area contributed by atoms with Crippen LogP contribution in [0.5, 0.6) is 11.5 Å². The SMILES string of the molecule is O=C(O)c1ccc2c(c1)OC(c1ccccc1F)O2. The molecule has 2 aromatic rings. The Hall–Kier alpha value is -2.56. The van der Waals surface area contributed by atoms with Crippen molar-refractivity contribution in [3.05, 3.63) is 59.4 Å². The maximum absolute atomic E-state index is 13.6. The van der Waals surface area contributed by atoms with Crippen molar-refractivity contribution in [2.45, 2.75) is 6.29 Å². The van der Waals surface area contributed by atoms with Gasteiger partial charge in [-0.05, 0) is 30.3 Å². The van der Waals surface area contributed by atoms with Gasteiger partial charge in [-0.3, -0.25) is 0 Å². The van der Waals surface area contributed by atoms with Crippen molar-refractivity contribution >= 4 is 5.97 Å². The fourth-order valence-electron chi connectivity index (χ4n) is 1.88. The average Bonchev–Trinajstić information content (AvgIpc) is 2.81. The highest BCUT2D eigenvalue weighted by Gasteiger charge is 2.28. The summed E-state index contributed by atoms with van der Waals surface area (Å²) in [5, 5.41) is 8.89. The fourth-order valence-corrected chi connectivity index (χ4v) is 1.88. The van der Waals surface area contributed by atoms with E-state index in [4.69, 9.17) is 14.6 Å². The van der Waals surface area contributed by atoms with Gasteiger partial charge in [0.2, 0.25) is 0 Å². The molecule has 0 spiro atoms. The number of hydrogen-bond donors (Lipinski definition) is 1. The van der Waals surface area contributed by atoms with E-state index in [1.807, 2.05) is 0 Å². The topological polar surface area (TPSA) is 55.8 Å². The standard InChI is InChI=1S/C14H9FO4/c15-10-4-2-1-3-9(10)14-18-11-6-5-8(13(16)17)7-12(11)19-14/h1-7,14H,(H,16,17). The molecule has 3 rings (SSSR count). The summed E-state index contributed by atoms with van der Waals surface area (Å²) in [5.74, 6) is -0.786. The van der Waals surface area contributed by atoms with Crippen LogP contribution in [0.15, 0.2) is 42.5 Å². The lowest BCUT2D eigenvalue weighted by Crippen LogP contribution is -2.09. The van der Waals surface area contributed by atoms with E-state index in [1.165, 1.54) is 24.3 Å². The first kappa shape index (κ1) is 11.5. The van der Waals surface area contributed by atoms with Gasteiger partial charge in [0.25, 0.3) is 6.29 Å². The molecule has 0 aliphatic carbocycles. The largest absolute Gasteiger partial charge is 0.478 e. The summed E-state index contributed by atoms with van der Waals surface area (Å²) in [4.78, 5) is 10.9. The fraction of sp³-hybridized carbons (Fsp3) is 0.0714. The van der Waals surface area contributed by atoms with Crippen molar-refractivity contribution < 1.29 is 23.8 Å². The van der Waals surface area contributed by atoms with Crippen molar-refractivity contribution in [1.29, 1.82) is 0 Å². The van der Waals surface area contributed by atoms with Crippen molar-refractivity contribution in [2.75, 3.05) is 0 Å². The van der Waals surface area contributed by atoms with Gasteiger partial charge in [-0.15, -0.1) is 0 Å². The third kappa shape index (κ3) is 1.99. The van der Waals surface area contributed by atoms with Crippen LogP contribution in [0.2, 0.25) is 0 Å². The minimum Gasteiger partial charge on any atom is -0.478 e. The highest BCUT2D eigenvalue weighted by atomic mass is 19.1. The first-order valence-electron chi connectivity index (χ1n) is 5.60. The van der Waals surface area contributed by atoms with Crippen LogP contribution in [-0.4, -0.2) is 11.1 Å². The number of carbonyl (C=O) groups is 1. The number of carboxylic acid groups (broad SMARTS) is 1. The van der Waals surface area contributed by atoms with Gasteiger partial charge in [0.05, 0.1) is 11.1 Å². The van der Waals surface area contributed by atoms with Crippen molar-refractivity contribution in [1.82, 2.24) is 0 Å². The smallest absolute Gasteiger partial charge is 0.335 e. The summed E-state index contributed by atoms with van der Waals surface area (Å²) in [7, 11) is 0. The van der Waals surface area contributed by atoms with Crippen molar-refractivity contribution in [3.8, 4) is 11.5 Å². The number of ether oxygens (including phenoxy) is 2. The molecule has 5 heteroatoms. The van der Waals surface area contributed by atoms with Crippen molar-refractivity contribution in [2.24, 2.45) is 0 Å². The lowest BCUT2D eigenvalue weighted by molar-refractivity contribution is 0.0453. The number of fused-ring (bicyclic) bond motifs is 1. The molecule has 2 aromatic carbocycles. The molecular formula is C14H9FO4. The maximum Gasteiger partial charge on any atom is 0.335 e.